The second-order valence-electron chi connectivity index (χ2n) is 2.35. The molecule has 0 aliphatic carbocycles. The first-order valence-electron chi connectivity index (χ1n) is 3.47. The highest BCUT2D eigenvalue weighted by molar-refractivity contribution is 5.95. The molecule has 1 heterocycles. The van der Waals surface area contributed by atoms with E-state index in [0.717, 1.165) is 0 Å². The molecular formula is C7H9N3O3. The van der Waals surface area contributed by atoms with Crippen molar-refractivity contribution in [1.29, 1.82) is 0 Å². The average molecular weight is 183 g/mol. The molecule has 0 unspecified atom stereocenters. The normalized spacial score (nSPS) is 9.69. The van der Waals surface area contributed by atoms with E-state index in [9.17, 15) is 4.79 Å². The van der Waals surface area contributed by atoms with Gasteiger partial charge in [0.25, 0.3) is 0 Å². The van der Waals surface area contributed by atoms with Crippen LogP contribution in [0.2, 0.25) is 0 Å². The molecule has 0 spiro atoms. The van der Waals surface area contributed by atoms with E-state index in [0.29, 0.717) is 5.82 Å². The van der Waals surface area contributed by atoms with Gasteiger partial charge in [-0.25, -0.2) is 9.78 Å². The lowest BCUT2D eigenvalue weighted by molar-refractivity contribution is 0.0693. The lowest BCUT2D eigenvalue weighted by Crippen LogP contribution is -2.10. The fourth-order valence-electron chi connectivity index (χ4n) is 0.916. The number of nitrogens with zero attached hydrogens (tertiary/aromatic N) is 2. The first kappa shape index (κ1) is 9.24. The summed E-state index contributed by atoms with van der Waals surface area (Å²) in [5, 5.41) is 8.73. The smallest absolute Gasteiger partial charge is 0.345 e. The van der Waals surface area contributed by atoms with Gasteiger partial charge in [0.05, 0.1) is 7.11 Å². The number of carboxylic acid groups (broad SMARTS) is 1. The predicted octanol–water partition coefficient (Wildman–Crippen LogP) is 0.0740. The van der Waals surface area contributed by atoms with Crippen LogP contribution in [0, 0.1) is 6.92 Å². The molecular weight excluding hydrogens is 174 g/mol. The molecule has 3 N–H and O–H groups in total. The van der Waals surface area contributed by atoms with Crippen LogP contribution in [-0.4, -0.2) is 28.2 Å². The zero-order valence-electron chi connectivity index (χ0n) is 7.24. The Labute approximate surface area is 74.4 Å². The number of nitrogens with two attached hydrogens (primary N) is 1. The number of rotatable bonds is 2. The molecule has 0 aromatic carbocycles. The number of carbonyl (C=O) groups is 1. The Morgan fingerprint density at radius 1 is 1.54 bits per heavy atom. The van der Waals surface area contributed by atoms with Crippen molar-refractivity contribution < 1.29 is 14.6 Å². The highest BCUT2D eigenvalue weighted by atomic mass is 16.5. The van der Waals surface area contributed by atoms with Crippen LogP contribution < -0.4 is 10.5 Å². The molecule has 0 aliphatic heterocycles. The summed E-state index contributed by atoms with van der Waals surface area (Å²) < 4.78 is 4.76. The Hall–Kier alpha value is -1.85. The number of hydrogen-bond donors (Lipinski definition) is 2. The number of ether oxygens (including phenoxy) is 1. The monoisotopic (exact) mass is 183 g/mol. The molecule has 6 heteroatoms. The Bertz CT molecular complexity index is 351. The maximum absolute atomic E-state index is 10.7. The average Bonchev–Trinajstić information content (AvgIpc) is 2.01. The van der Waals surface area contributed by atoms with Crippen molar-refractivity contribution in [2.75, 3.05) is 12.8 Å². The van der Waals surface area contributed by atoms with Gasteiger partial charge in [-0.1, -0.05) is 0 Å². The van der Waals surface area contributed by atoms with Crippen molar-refractivity contribution in [2.45, 2.75) is 6.92 Å². The lowest BCUT2D eigenvalue weighted by Gasteiger charge is -2.05. The minimum atomic E-state index is -1.20. The Balaban J connectivity index is 3.38. The summed E-state index contributed by atoms with van der Waals surface area (Å²) in [6.45, 7) is 1.60. The number of aromatic nitrogens is 2. The number of anilines is 1. The van der Waals surface area contributed by atoms with Gasteiger partial charge in [0.2, 0.25) is 5.88 Å². The van der Waals surface area contributed by atoms with Crippen LogP contribution in [0.4, 0.5) is 5.82 Å². The highest BCUT2D eigenvalue weighted by Gasteiger charge is 2.18. The van der Waals surface area contributed by atoms with Crippen LogP contribution in [0.1, 0.15) is 16.2 Å². The van der Waals surface area contributed by atoms with E-state index in [2.05, 4.69) is 9.97 Å². The van der Waals surface area contributed by atoms with Gasteiger partial charge < -0.3 is 15.6 Å². The molecule has 1 aromatic heterocycles. The Kier molecular flexibility index (Phi) is 2.32. The van der Waals surface area contributed by atoms with Gasteiger partial charge in [-0.05, 0) is 6.92 Å². The van der Waals surface area contributed by atoms with Gasteiger partial charge in [0.15, 0.2) is 5.56 Å². The molecule has 0 atom stereocenters. The van der Waals surface area contributed by atoms with E-state index in [1.54, 1.807) is 6.92 Å². The standard InChI is InChI=1S/C7H9N3O3/c1-3-9-5(8)4(7(11)12)6(10-3)13-2/h1-2H3,(H,11,12)(H2,8,9,10). The van der Waals surface area contributed by atoms with E-state index in [-0.39, 0.29) is 17.3 Å². The summed E-state index contributed by atoms with van der Waals surface area (Å²) in [6, 6.07) is 0. The van der Waals surface area contributed by atoms with Crippen molar-refractivity contribution in [3.8, 4) is 5.88 Å². The number of aryl methyl sites for hydroxylation is 1. The number of hydrogen-bond acceptors (Lipinski definition) is 5. The van der Waals surface area contributed by atoms with Crippen molar-refractivity contribution in [3.05, 3.63) is 11.4 Å². The van der Waals surface area contributed by atoms with Crippen molar-refractivity contribution in [1.82, 2.24) is 9.97 Å². The molecule has 0 saturated carbocycles. The minimum Gasteiger partial charge on any atom is -0.480 e. The Morgan fingerprint density at radius 2 is 2.15 bits per heavy atom. The van der Waals surface area contributed by atoms with Gasteiger partial charge in [0, 0.05) is 0 Å². The van der Waals surface area contributed by atoms with Crippen LogP contribution in [-0.2, 0) is 0 Å². The fourth-order valence-corrected chi connectivity index (χ4v) is 0.916. The SMILES string of the molecule is COc1nc(C)nc(N)c1C(=O)O. The molecule has 0 aliphatic rings. The van der Waals surface area contributed by atoms with Crippen molar-refractivity contribution in [2.24, 2.45) is 0 Å². The van der Waals surface area contributed by atoms with Gasteiger partial charge in [-0.15, -0.1) is 0 Å². The van der Waals surface area contributed by atoms with Gasteiger partial charge in [0.1, 0.15) is 11.6 Å². The van der Waals surface area contributed by atoms with Gasteiger partial charge >= 0.3 is 5.97 Å². The first-order chi connectivity index (χ1) is 6.06. The molecule has 6 nitrogen and oxygen atoms in total. The zero-order chi connectivity index (χ0) is 10.0. The van der Waals surface area contributed by atoms with E-state index in [1.807, 2.05) is 0 Å². The van der Waals surface area contributed by atoms with E-state index in [4.69, 9.17) is 15.6 Å². The van der Waals surface area contributed by atoms with Crippen molar-refractivity contribution >= 4 is 11.8 Å². The van der Waals surface area contributed by atoms with Crippen LogP contribution in [0.15, 0.2) is 0 Å². The summed E-state index contributed by atoms with van der Waals surface area (Å²) >= 11 is 0. The number of nitrogen functional groups attached to an aromatic ring is 1. The number of methoxy groups -OCH3 is 1. The second-order valence-corrected chi connectivity index (χ2v) is 2.35. The predicted molar refractivity (Wildman–Crippen MR) is 44.7 cm³/mol. The molecule has 0 fully saturated rings. The second kappa shape index (κ2) is 3.26. The maximum atomic E-state index is 10.7. The highest BCUT2D eigenvalue weighted by Crippen LogP contribution is 2.19. The first-order valence-corrected chi connectivity index (χ1v) is 3.47. The van der Waals surface area contributed by atoms with E-state index >= 15 is 0 Å². The third-order valence-electron chi connectivity index (χ3n) is 1.42. The summed E-state index contributed by atoms with van der Waals surface area (Å²) in [4.78, 5) is 18.2. The molecule has 13 heavy (non-hydrogen) atoms. The number of aromatic carboxylic acids is 1. The molecule has 0 amide bonds. The maximum Gasteiger partial charge on any atom is 0.345 e. The molecule has 0 bridgehead atoms. The molecule has 0 radical (unpaired) electrons. The van der Waals surface area contributed by atoms with Crippen LogP contribution in [0.5, 0.6) is 5.88 Å². The summed E-state index contributed by atoms with van der Waals surface area (Å²) in [6.07, 6.45) is 0. The van der Waals surface area contributed by atoms with Crippen LogP contribution >= 0.6 is 0 Å². The molecule has 70 valence electrons. The minimum absolute atomic E-state index is 0.0162. The van der Waals surface area contributed by atoms with Crippen molar-refractivity contribution in [3.63, 3.8) is 0 Å². The number of carboxylic acids is 1. The fraction of sp³-hybridized carbons (Fsp3) is 0.286. The quantitative estimate of drug-likeness (QED) is 0.673. The van der Waals surface area contributed by atoms with Crippen LogP contribution in [0.3, 0.4) is 0 Å². The van der Waals surface area contributed by atoms with E-state index in [1.165, 1.54) is 7.11 Å². The van der Waals surface area contributed by atoms with Gasteiger partial charge in [-0.2, -0.15) is 4.98 Å². The Morgan fingerprint density at radius 3 is 2.62 bits per heavy atom. The third-order valence-corrected chi connectivity index (χ3v) is 1.42. The molecule has 1 rings (SSSR count). The lowest BCUT2D eigenvalue weighted by atomic mass is 10.3. The summed E-state index contributed by atoms with van der Waals surface area (Å²) in [7, 11) is 1.33. The zero-order valence-corrected chi connectivity index (χ0v) is 7.24. The molecule has 1 aromatic rings. The summed E-state index contributed by atoms with van der Waals surface area (Å²) in [5.74, 6) is -0.928. The largest absolute Gasteiger partial charge is 0.480 e. The van der Waals surface area contributed by atoms with Crippen LogP contribution in [0.25, 0.3) is 0 Å². The topological polar surface area (TPSA) is 98.3 Å². The van der Waals surface area contributed by atoms with E-state index < -0.39 is 5.97 Å². The third kappa shape index (κ3) is 1.66. The summed E-state index contributed by atoms with van der Waals surface area (Å²) in [5.41, 5.74) is 5.19. The van der Waals surface area contributed by atoms with Gasteiger partial charge in [-0.3, -0.25) is 0 Å². The molecule has 0 saturated heterocycles.